The molecule has 23 heavy (non-hydrogen) atoms. The SMILES string of the molecule is CS(=O)(=O)c1ccc(-n2cncc2-c2ccc(Cl)c(Cl)c2)cc1. The Kier molecular flexibility index (Phi) is 4.19. The zero-order valence-electron chi connectivity index (χ0n) is 12.1. The van der Waals surface area contributed by atoms with Gasteiger partial charge < -0.3 is 0 Å². The molecule has 2 aromatic carbocycles. The highest BCUT2D eigenvalue weighted by molar-refractivity contribution is 7.90. The van der Waals surface area contributed by atoms with Gasteiger partial charge in [-0.25, -0.2) is 13.4 Å². The topological polar surface area (TPSA) is 52.0 Å². The van der Waals surface area contributed by atoms with Crippen LogP contribution in [-0.4, -0.2) is 24.2 Å². The lowest BCUT2D eigenvalue weighted by molar-refractivity contribution is 0.602. The van der Waals surface area contributed by atoms with Crippen LogP contribution in [0.25, 0.3) is 16.9 Å². The minimum atomic E-state index is -3.22. The van der Waals surface area contributed by atoms with Gasteiger partial charge in [-0.2, -0.15) is 0 Å². The molecule has 0 N–H and O–H groups in total. The molecule has 0 saturated heterocycles. The van der Waals surface area contributed by atoms with Crippen LogP contribution in [0.4, 0.5) is 0 Å². The van der Waals surface area contributed by atoms with Crippen molar-refractivity contribution >= 4 is 33.0 Å². The van der Waals surface area contributed by atoms with Crippen LogP contribution < -0.4 is 0 Å². The number of aromatic nitrogens is 2. The first-order valence-corrected chi connectivity index (χ1v) is 9.29. The summed E-state index contributed by atoms with van der Waals surface area (Å²) in [5.74, 6) is 0. The lowest BCUT2D eigenvalue weighted by atomic mass is 10.1. The standard InChI is InChI=1S/C16H12Cl2N2O2S/c1-23(21,22)13-5-3-12(4-6-13)20-10-19-9-16(20)11-2-7-14(17)15(18)8-11/h2-10H,1H3. The second kappa shape index (κ2) is 6.00. The van der Waals surface area contributed by atoms with Crippen molar-refractivity contribution in [3.8, 4) is 16.9 Å². The van der Waals surface area contributed by atoms with Crippen molar-refractivity contribution < 1.29 is 8.42 Å². The monoisotopic (exact) mass is 366 g/mol. The van der Waals surface area contributed by atoms with E-state index in [1.54, 1.807) is 48.9 Å². The molecule has 0 bridgehead atoms. The number of rotatable bonds is 3. The Labute approximate surface area is 144 Å². The van der Waals surface area contributed by atoms with E-state index in [-0.39, 0.29) is 4.90 Å². The molecule has 1 aromatic heterocycles. The van der Waals surface area contributed by atoms with Crippen molar-refractivity contribution in [2.75, 3.05) is 6.26 Å². The Bertz CT molecular complexity index is 964. The Morgan fingerprint density at radius 3 is 2.30 bits per heavy atom. The molecule has 1 heterocycles. The van der Waals surface area contributed by atoms with Crippen molar-refractivity contribution in [3.05, 3.63) is 65.0 Å². The van der Waals surface area contributed by atoms with E-state index in [1.165, 1.54) is 6.26 Å². The summed E-state index contributed by atoms with van der Waals surface area (Å²) in [6.07, 6.45) is 4.55. The van der Waals surface area contributed by atoms with Crippen molar-refractivity contribution in [1.29, 1.82) is 0 Å². The Hall–Kier alpha value is -1.82. The fourth-order valence-corrected chi connectivity index (χ4v) is 3.15. The molecule has 0 unspecified atom stereocenters. The van der Waals surface area contributed by atoms with Crippen LogP contribution in [0.5, 0.6) is 0 Å². The van der Waals surface area contributed by atoms with E-state index < -0.39 is 9.84 Å². The Balaban J connectivity index is 2.05. The minimum absolute atomic E-state index is 0.275. The van der Waals surface area contributed by atoms with E-state index in [0.717, 1.165) is 16.9 Å². The third-order valence-corrected chi connectivity index (χ3v) is 5.26. The molecule has 3 rings (SSSR count). The molecule has 0 aliphatic rings. The van der Waals surface area contributed by atoms with Gasteiger partial charge in [0.1, 0.15) is 0 Å². The maximum atomic E-state index is 11.5. The molecule has 0 aliphatic heterocycles. The second-order valence-electron chi connectivity index (χ2n) is 5.04. The summed E-state index contributed by atoms with van der Waals surface area (Å²) in [5, 5.41) is 0.948. The van der Waals surface area contributed by atoms with Gasteiger partial charge in [0.25, 0.3) is 0 Å². The lowest BCUT2D eigenvalue weighted by Gasteiger charge is -2.10. The normalized spacial score (nSPS) is 11.6. The fourth-order valence-electron chi connectivity index (χ4n) is 2.22. The molecule has 0 atom stereocenters. The van der Waals surface area contributed by atoms with Gasteiger partial charge >= 0.3 is 0 Å². The highest BCUT2D eigenvalue weighted by Crippen LogP contribution is 2.29. The quantitative estimate of drug-likeness (QED) is 0.696. The van der Waals surface area contributed by atoms with Gasteiger partial charge in [-0.3, -0.25) is 4.57 Å². The molecule has 118 valence electrons. The van der Waals surface area contributed by atoms with Crippen LogP contribution in [0.1, 0.15) is 0 Å². The van der Waals surface area contributed by atoms with Gasteiger partial charge in [0.15, 0.2) is 9.84 Å². The number of nitrogens with zero attached hydrogens (tertiary/aromatic N) is 2. The van der Waals surface area contributed by atoms with E-state index >= 15 is 0 Å². The Morgan fingerprint density at radius 1 is 1.00 bits per heavy atom. The van der Waals surface area contributed by atoms with Crippen molar-refractivity contribution in [3.63, 3.8) is 0 Å². The summed E-state index contributed by atoms with van der Waals surface area (Å²) in [5.41, 5.74) is 2.50. The molecule has 0 radical (unpaired) electrons. The number of halogens is 2. The summed E-state index contributed by atoms with van der Waals surface area (Å²) in [6.45, 7) is 0. The van der Waals surface area contributed by atoms with E-state index in [0.29, 0.717) is 10.0 Å². The van der Waals surface area contributed by atoms with Crippen LogP contribution in [0, 0.1) is 0 Å². The molecule has 0 fully saturated rings. The number of imidazole rings is 1. The van der Waals surface area contributed by atoms with Crippen LogP contribution in [-0.2, 0) is 9.84 Å². The average Bonchev–Trinajstić information content (AvgIpc) is 2.99. The molecular weight excluding hydrogens is 355 g/mol. The van der Waals surface area contributed by atoms with Crippen molar-refractivity contribution in [1.82, 2.24) is 9.55 Å². The highest BCUT2D eigenvalue weighted by Gasteiger charge is 2.11. The molecule has 0 spiro atoms. The molecule has 0 saturated carbocycles. The first-order chi connectivity index (χ1) is 10.9. The van der Waals surface area contributed by atoms with Crippen molar-refractivity contribution in [2.45, 2.75) is 4.90 Å². The van der Waals surface area contributed by atoms with E-state index in [4.69, 9.17) is 23.2 Å². The number of hydrogen-bond donors (Lipinski definition) is 0. The van der Waals surface area contributed by atoms with Gasteiger partial charge in [-0.1, -0.05) is 29.3 Å². The van der Waals surface area contributed by atoms with Crippen LogP contribution in [0.15, 0.2) is 59.9 Å². The van der Waals surface area contributed by atoms with Gasteiger partial charge in [-0.15, -0.1) is 0 Å². The maximum Gasteiger partial charge on any atom is 0.175 e. The zero-order chi connectivity index (χ0) is 16.6. The first kappa shape index (κ1) is 16.1. The molecular formula is C16H12Cl2N2O2S. The molecule has 0 amide bonds. The maximum absolute atomic E-state index is 11.5. The van der Waals surface area contributed by atoms with Gasteiger partial charge in [0, 0.05) is 17.5 Å². The largest absolute Gasteiger partial charge is 0.299 e. The predicted molar refractivity (Wildman–Crippen MR) is 92.1 cm³/mol. The van der Waals surface area contributed by atoms with Crippen LogP contribution >= 0.6 is 23.2 Å². The third kappa shape index (κ3) is 3.27. The Morgan fingerprint density at radius 2 is 1.70 bits per heavy atom. The molecule has 4 nitrogen and oxygen atoms in total. The highest BCUT2D eigenvalue weighted by atomic mass is 35.5. The number of sulfone groups is 1. The van der Waals surface area contributed by atoms with Crippen LogP contribution in [0.3, 0.4) is 0 Å². The summed E-state index contributed by atoms with van der Waals surface area (Å²) < 4.78 is 24.9. The number of benzene rings is 2. The van der Waals surface area contributed by atoms with Gasteiger partial charge in [0.2, 0.25) is 0 Å². The molecule has 0 aliphatic carbocycles. The first-order valence-electron chi connectivity index (χ1n) is 6.64. The summed E-state index contributed by atoms with van der Waals surface area (Å²) in [7, 11) is -3.22. The minimum Gasteiger partial charge on any atom is -0.299 e. The predicted octanol–water partition coefficient (Wildman–Crippen LogP) is 4.25. The summed E-state index contributed by atoms with van der Waals surface area (Å²) in [4.78, 5) is 4.44. The summed E-state index contributed by atoms with van der Waals surface area (Å²) >= 11 is 12.0. The lowest BCUT2D eigenvalue weighted by Crippen LogP contribution is -1.99. The number of hydrogen-bond acceptors (Lipinski definition) is 3. The third-order valence-electron chi connectivity index (χ3n) is 3.40. The average molecular weight is 367 g/mol. The van der Waals surface area contributed by atoms with E-state index in [9.17, 15) is 8.42 Å². The zero-order valence-corrected chi connectivity index (χ0v) is 14.4. The van der Waals surface area contributed by atoms with Gasteiger partial charge in [0.05, 0.1) is 33.2 Å². The van der Waals surface area contributed by atoms with Crippen LogP contribution in [0.2, 0.25) is 10.0 Å². The summed E-state index contributed by atoms with van der Waals surface area (Å²) in [6, 6.07) is 12.0. The molecule has 7 heteroatoms. The van der Waals surface area contributed by atoms with Gasteiger partial charge in [-0.05, 0) is 36.4 Å². The molecule has 3 aromatic rings. The fraction of sp³-hybridized carbons (Fsp3) is 0.0625. The van der Waals surface area contributed by atoms with E-state index in [1.807, 2.05) is 10.6 Å². The van der Waals surface area contributed by atoms with Crippen molar-refractivity contribution in [2.24, 2.45) is 0 Å². The smallest absolute Gasteiger partial charge is 0.175 e. The second-order valence-corrected chi connectivity index (χ2v) is 7.87. The van der Waals surface area contributed by atoms with E-state index in [2.05, 4.69) is 4.98 Å².